The SMILES string of the molecule is Cc1cc(NC(=O)c2cc3c(ccc4ccccc43)oc2=O)n(-c2nc3c(F)cccc3s2)n1. The van der Waals surface area contributed by atoms with Gasteiger partial charge in [-0.15, -0.1) is 0 Å². The van der Waals surface area contributed by atoms with E-state index in [1.165, 1.54) is 22.1 Å². The molecule has 6 aromatic rings. The summed E-state index contributed by atoms with van der Waals surface area (Å²) in [5, 5.41) is 10.0. The number of rotatable bonds is 3. The van der Waals surface area contributed by atoms with E-state index in [1.54, 1.807) is 37.3 Å². The van der Waals surface area contributed by atoms with Crippen molar-refractivity contribution in [2.45, 2.75) is 6.92 Å². The quantitative estimate of drug-likeness (QED) is 0.275. The number of benzene rings is 3. The monoisotopic (exact) mass is 470 g/mol. The van der Waals surface area contributed by atoms with Gasteiger partial charge in [-0.1, -0.05) is 47.7 Å². The maximum absolute atomic E-state index is 14.1. The summed E-state index contributed by atoms with van der Waals surface area (Å²) in [5.41, 5.74) is 0.369. The molecular formula is C25H15FN4O3S. The van der Waals surface area contributed by atoms with Crippen LogP contribution < -0.4 is 10.9 Å². The first-order valence-corrected chi connectivity index (χ1v) is 11.2. The van der Waals surface area contributed by atoms with Gasteiger partial charge < -0.3 is 9.73 Å². The molecule has 0 bridgehead atoms. The molecule has 9 heteroatoms. The lowest BCUT2D eigenvalue weighted by molar-refractivity contribution is 0.102. The molecule has 0 aliphatic rings. The van der Waals surface area contributed by atoms with Gasteiger partial charge in [-0.2, -0.15) is 9.78 Å². The summed E-state index contributed by atoms with van der Waals surface area (Å²) in [6.07, 6.45) is 0. The number of amides is 1. The molecule has 3 heterocycles. The van der Waals surface area contributed by atoms with Crippen LogP contribution in [0, 0.1) is 12.7 Å². The number of anilines is 1. The van der Waals surface area contributed by atoms with Crippen LogP contribution in [0.4, 0.5) is 10.2 Å². The predicted molar refractivity (Wildman–Crippen MR) is 129 cm³/mol. The minimum absolute atomic E-state index is 0.135. The van der Waals surface area contributed by atoms with Crippen molar-refractivity contribution in [3.05, 3.63) is 94.2 Å². The van der Waals surface area contributed by atoms with E-state index >= 15 is 0 Å². The van der Waals surface area contributed by atoms with Crippen LogP contribution in [0.5, 0.6) is 0 Å². The second-order valence-corrected chi connectivity index (χ2v) is 8.78. The van der Waals surface area contributed by atoms with Crippen LogP contribution >= 0.6 is 11.3 Å². The molecule has 7 nitrogen and oxygen atoms in total. The van der Waals surface area contributed by atoms with Gasteiger partial charge in [0.2, 0.25) is 5.13 Å². The van der Waals surface area contributed by atoms with Crippen molar-refractivity contribution in [1.29, 1.82) is 0 Å². The number of hydrogen-bond acceptors (Lipinski definition) is 6. The highest BCUT2D eigenvalue weighted by Crippen LogP contribution is 2.29. The Morgan fingerprint density at radius 2 is 1.91 bits per heavy atom. The van der Waals surface area contributed by atoms with Gasteiger partial charge in [0.1, 0.15) is 28.3 Å². The Hall–Kier alpha value is -4.37. The molecule has 1 N–H and O–H groups in total. The van der Waals surface area contributed by atoms with Crippen LogP contribution in [-0.4, -0.2) is 20.7 Å². The Kier molecular flexibility index (Phi) is 4.53. The second-order valence-electron chi connectivity index (χ2n) is 7.77. The number of halogens is 1. The number of aromatic nitrogens is 3. The molecule has 0 aliphatic carbocycles. The predicted octanol–water partition coefficient (Wildman–Crippen LogP) is 5.44. The number of carbonyl (C=O) groups is 1. The Morgan fingerprint density at radius 1 is 1.06 bits per heavy atom. The molecule has 34 heavy (non-hydrogen) atoms. The van der Waals surface area contributed by atoms with Crippen LogP contribution in [-0.2, 0) is 0 Å². The number of aryl methyl sites for hydroxylation is 1. The first kappa shape index (κ1) is 20.3. The van der Waals surface area contributed by atoms with Gasteiger partial charge in [-0.3, -0.25) is 4.79 Å². The number of nitrogens with one attached hydrogen (secondary N) is 1. The number of fused-ring (bicyclic) bond motifs is 4. The second kappa shape index (κ2) is 7.60. The largest absolute Gasteiger partial charge is 0.422 e. The van der Waals surface area contributed by atoms with E-state index < -0.39 is 17.3 Å². The lowest BCUT2D eigenvalue weighted by atomic mass is 10.0. The summed E-state index contributed by atoms with van der Waals surface area (Å²) >= 11 is 1.24. The normalized spacial score (nSPS) is 11.5. The summed E-state index contributed by atoms with van der Waals surface area (Å²) in [4.78, 5) is 30.1. The van der Waals surface area contributed by atoms with Gasteiger partial charge in [0.25, 0.3) is 5.91 Å². The maximum atomic E-state index is 14.1. The van der Waals surface area contributed by atoms with E-state index in [9.17, 15) is 14.0 Å². The number of carbonyl (C=O) groups excluding carboxylic acids is 1. The molecule has 0 atom stereocenters. The minimum atomic E-state index is -0.745. The molecule has 1 amide bonds. The molecule has 0 radical (unpaired) electrons. The summed E-state index contributed by atoms with van der Waals surface area (Å²) in [7, 11) is 0. The molecule has 166 valence electrons. The molecule has 0 spiro atoms. The van der Waals surface area contributed by atoms with E-state index in [2.05, 4.69) is 15.4 Å². The van der Waals surface area contributed by atoms with Crippen LogP contribution in [0.2, 0.25) is 0 Å². The van der Waals surface area contributed by atoms with Crippen molar-refractivity contribution in [3.8, 4) is 5.13 Å². The molecule has 3 aromatic carbocycles. The third-order valence-electron chi connectivity index (χ3n) is 5.50. The topological polar surface area (TPSA) is 90.0 Å². The highest BCUT2D eigenvalue weighted by Gasteiger charge is 2.20. The minimum Gasteiger partial charge on any atom is -0.422 e. The van der Waals surface area contributed by atoms with Gasteiger partial charge >= 0.3 is 5.63 Å². The number of nitrogens with zero attached hydrogens (tertiary/aromatic N) is 3. The van der Waals surface area contributed by atoms with E-state index in [-0.39, 0.29) is 11.1 Å². The Morgan fingerprint density at radius 3 is 2.76 bits per heavy atom. The van der Waals surface area contributed by atoms with Crippen molar-refractivity contribution in [2.75, 3.05) is 5.32 Å². The smallest absolute Gasteiger partial charge is 0.349 e. The van der Waals surface area contributed by atoms with Gasteiger partial charge in [-0.25, -0.2) is 14.2 Å². The molecule has 0 saturated heterocycles. The van der Waals surface area contributed by atoms with Gasteiger partial charge in [-0.05, 0) is 42.0 Å². The fraction of sp³-hybridized carbons (Fsp3) is 0.0400. The summed E-state index contributed by atoms with van der Waals surface area (Å²) in [5.74, 6) is -0.771. The molecule has 0 saturated carbocycles. The van der Waals surface area contributed by atoms with Crippen molar-refractivity contribution in [1.82, 2.24) is 14.8 Å². The van der Waals surface area contributed by atoms with Crippen molar-refractivity contribution in [2.24, 2.45) is 0 Å². The average Bonchev–Trinajstić information content (AvgIpc) is 3.42. The molecule has 0 fully saturated rings. The highest BCUT2D eigenvalue weighted by atomic mass is 32.1. The fourth-order valence-corrected chi connectivity index (χ4v) is 4.89. The summed E-state index contributed by atoms with van der Waals surface area (Å²) < 4.78 is 21.7. The molecule has 6 rings (SSSR count). The Balaban J connectivity index is 1.42. The number of thiazole rings is 1. The van der Waals surface area contributed by atoms with Gasteiger partial charge in [0.15, 0.2) is 0 Å². The molecular weight excluding hydrogens is 455 g/mol. The lowest BCUT2D eigenvalue weighted by Crippen LogP contribution is -2.22. The fourth-order valence-electron chi connectivity index (χ4n) is 3.94. The van der Waals surface area contributed by atoms with E-state index in [1.807, 2.05) is 30.3 Å². The maximum Gasteiger partial charge on any atom is 0.349 e. The van der Waals surface area contributed by atoms with Crippen molar-refractivity contribution < 1.29 is 13.6 Å². The lowest BCUT2D eigenvalue weighted by Gasteiger charge is -2.07. The number of hydrogen-bond donors (Lipinski definition) is 1. The van der Waals surface area contributed by atoms with Crippen molar-refractivity contribution in [3.63, 3.8) is 0 Å². The van der Waals surface area contributed by atoms with E-state index in [0.29, 0.717) is 32.3 Å². The first-order valence-electron chi connectivity index (χ1n) is 10.4. The van der Waals surface area contributed by atoms with E-state index in [4.69, 9.17) is 4.42 Å². The standard InChI is InChI=1S/C25H15FN4O3S/c1-13-11-21(30(29-13)25-28-22-18(26)7-4-8-20(22)34-25)27-23(31)17-12-16-15-6-3-2-5-14(15)9-10-19(16)33-24(17)32/h2-12H,1H3,(H,27,31). The first-order chi connectivity index (χ1) is 16.5. The molecule has 0 aliphatic heterocycles. The zero-order chi connectivity index (χ0) is 23.4. The molecule has 3 aromatic heterocycles. The van der Waals surface area contributed by atoms with E-state index in [0.717, 1.165) is 10.8 Å². The van der Waals surface area contributed by atoms with Crippen LogP contribution in [0.3, 0.4) is 0 Å². The zero-order valence-electron chi connectivity index (χ0n) is 17.7. The third kappa shape index (κ3) is 3.25. The Bertz CT molecular complexity index is 1820. The van der Waals surface area contributed by atoms with Crippen LogP contribution in [0.15, 0.2) is 75.9 Å². The zero-order valence-corrected chi connectivity index (χ0v) is 18.5. The number of para-hydroxylation sites is 1. The van der Waals surface area contributed by atoms with Crippen LogP contribution in [0.1, 0.15) is 16.1 Å². The van der Waals surface area contributed by atoms with Gasteiger partial charge in [0.05, 0.1) is 10.4 Å². The van der Waals surface area contributed by atoms with Crippen LogP contribution in [0.25, 0.3) is 37.1 Å². The third-order valence-corrected chi connectivity index (χ3v) is 6.50. The average molecular weight is 470 g/mol. The van der Waals surface area contributed by atoms with Crippen molar-refractivity contribution >= 4 is 55.0 Å². The summed E-state index contributed by atoms with van der Waals surface area (Å²) in [6, 6.07) is 19.1. The van der Waals surface area contributed by atoms with Gasteiger partial charge in [0, 0.05) is 11.5 Å². The molecule has 0 unspecified atom stereocenters. The summed E-state index contributed by atoms with van der Waals surface area (Å²) in [6.45, 7) is 1.76. The Labute approximate surface area is 195 Å². The highest BCUT2D eigenvalue weighted by molar-refractivity contribution is 7.20.